The fourth-order valence-electron chi connectivity index (χ4n) is 1.98. The Labute approximate surface area is 115 Å². The van der Waals surface area contributed by atoms with Crippen molar-refractivity contribution in [3.8, 4) is 28.1 Å². The van der Waals surface area contributed by atoms with Crippen LogP contribution in [0.1, 0.15) is 0 Å². The van der Waals surface area contributed by atoms with Crippen molar-refractivity contribution in [2.75, 3.05) is 5.73 Å². The Bertz CT molecular complexity index is 744. The van der Waals surface area contributed by atoms with Gasteiger partial charge in [-0.1, -0.05) is 12.1 Å². The molecule has 0 saturated carbocycles. The lowest BCUT2D eigenvalue weighted by atomic mass is 10.0. The van der Waals surface area contributed by atoms with Crippen molar-refractivity contribution >= 4 is 5.95 Å². The molecular formula is C15H12N4O. The Morgan fingerprint density at radius 2 is 1.90 bits per heavy atom. The van der Waals surface area contributed by atoms with Gasteiger partial charge in [0.25, 0.3) is 0 Å². The first kappa shape index (κ1) is 12.1. The first-order valence-corrected chi connectivity index (χ1v) is 6.06. The molecule has 0 aliphatic heterocycles. The standard InChI is InChI=1S/C15H12N4O/c16-15-18-7-5-13(19-15)12-8-10(3-4-14(12)20)11-2-1-6-17-9-11/h1-9,20H,(H2,16,18,19). The highest BCUT2D eigenvalue weighted by Crippen LogP contribution is 2.32. The minimum atomic E-state index is 0.149. The summed E-state index contributed by atoms with van der Waals surface area (Å²) in [7, 11) is 0. The molecule has 0 aliphatic carbocycles. The van der Waals surface area contributed by atoms with Crippen LogP contribution in [0.5, 0.6) is 5.75 Å². The molecule has 0 fully saturated rings. The van der Waals surface area contributed by atoms with E-state index in [-0.39, 0.29) is 11.7 Å². The van der Waals surface area contributed by atoms with Crippen molar-refractivity contribution in [2.24, 2.45) is 0 Å². The number of aromatic hydroxyl groups is 1. The van der Waals surface area contributed by atoms with E-state index < -0.39 is 0 Å². The van der Waals surface area contributed by atoms with Crippen molar-refractivity contribution in [3.05, 3.63) is 55.0 Å². The number of rotatable bonds is 2. The molecule has 2 heterocycles. The van der Waals surface area contributed by atoms with Gasteiger partial charge in [0.1, 0.15) is 5.75 Å². The number of aromatic nitrogens is 3. The molecule has 0 bridgehead atoms. The summed E-state index contributed by atoms with van der Waals surface area (Å²) in [6.45, 7) is 0. The lowest BCUT2D eigenvalue weighted by Crippen LogP contribution is -1.95. The molecule has 3 N–H and O–H groups in total. The Kier molecular flexibility index (Phi) is 3.01. The van der Waals surface area contributed by atoms with Crippen LogP contribution in [-0.2, 0) is 0 Å². The van der Waals surface area contributed by atoms with Gasteiger partial charge in [0.15, 0.2) is 0 Å². The van der Waals surface area contributed by atoms with Gasteiger partial charge < -0.3 is 10.8 Å². The normalized spacial score (nSPS) is 10.4. The fraction of sp³-hybridized carbons (Fsp3) is 0. The molecule has 0 atom stereocenters. The second kappa shape index (κ2) is 4.97. The predicted octanol–water partition coefficient (Wildman–Crippen LogP) is 2.49. The molecule has 0 radical (unpaired) electrons. The number of nitrogens with two attached hydrogens (primary N) is 1. The SMILES string of the molecule is Nc1nccc(-c2cc(-c3cccnc3)ccc2O)n1. The van der Waals surface area contributed by atoms with Gasteiger partial charge in [0, 0.05) is 29.7 Å². The van der Waals surface area contributed by atoms with Crippen molar-refractivity contribution < 1.29 is 5.11 Å². The molecule has 2 aromatic heterocycles. The monoisotopic (exact) mass is 264 g/mol. The van der Waals surface area contributed by atoms with E-state index >= 15 is 0 Å². The highest BCUT2D eigenvalue weighted by atomic mass is 16.3. The van der Waals surface area contributed by atoms with Crippen LogP contribution in [0.15, 0.2) is 55.0 Å². The van der Waals surface area contributed by atoms with Gasteiger partial charge in [0.05, 0.1) is 5.69 Å². The highest BCUT2D eigenvalue weighted by Gasteiger charge is 2.09. The first-order chi connectivity index (χ1) is 9.74. The Hall–Kier alpha value is -2.95. The summed E-state index contributed by atoms with van der Waals surface area (Å²) in [5.74, 6) is 0.324. The van der Waals surface area contributed by atoms with E-state index in [1.54, 1.807) is 30.7 Å². The maximum absolute atomic E-state index is 10.0. The summed E-state index contributed by atoms with van der Waals surface area (Å²) >= 11 is 0. The molecule has 0 amide bonds. The molecule has 3 rings (SSSR count). The van der Waals surface area contributed by atoms with Crippen LogP contribution < -0.4 is 5.73 Å². The van der Waals surface area contributed by atoms with E-state index in [1.807, 2.05) is 24.3 Å². The molecule has 20 heavy (non-hydrogen) atoms. The Morgan fingerprint density at radius 1 is 1.00 bits per heavy atom. The summed E-state index contributed by atoms with van der Waals surface area (Å²) < 4.78 is 0. The molecule has 98 valence electrons. The van der Waals surface area contributed by atoms with Gasteiger partial charge in [-0.2, -0.15) is 0 Å². The number of anilines is 1. The van der Waals surface area contributed by atoms with Crippen LogP contribution in [0.4, 0.5) is 5.95 Å². The molecule has 5 heteroatoms. The zero-order valence-electron chi connectivity index (χ0n) is 10.6. The molecule has 1 aromatic carbocycles. The summed E-state index contributed by atoms with van der Waals surface area (Å²) in [4.78, 5) is 12.1. The van der Waals surface area contributed by atoms with Crippen molar-refractivity contribution in [3.63, 3.8) is 0 Å². The number of hydrogen-bond donors (Lipinski definition) is 2. The average Bonchev–Trinajstić information content (AvgIpc) is 2.48. The summed E-state index contributed by atoms with van der Waals surface area (Å²) in [5, 5.41) is 10.0. The number of phenols is 1. The lowest BCUT2D eigenvalue weighted by Gasteiger charge is -2.07. The third-order valence-corrected chi connectivity index (χ3v) is 2.94. The van der Waals surface area contributed by atoms with E-state index in [2.05, 4.69) is 15.0 Å². The van der Waals surface area contributed by atoms with Crippen molar-refractivity contribution in [1.82, 2.24) is 15.0 Å². The van der Waals surface area contributed by atoms with E-state index in [0.717, 1.165) is 11.1 Å². The Morgan fingerprint density at radius 3 is 2.65 bits per heavy atom. The minimum absolute atomic E-state index is 0.149. The molecule has 0 saturated heterocycles. The van der Waals surface area contributed by atoms with Crippen LogP contribution in [0.25, 0.3) is 22.4 Å². The third-order valence-electron chi connectivity index (χ3n) is 2.94. The topological polar surface area (TPSA) is 84.9 Å². The number of benzene rings is 1. The maximum Gasteiger partial charge on any atom is 0.220 e. The minimum Gasteiger partial charge on any atom is -0.507 e. The van der Waals surface area contributed by atoms with Crippen LogP contribution in [0.3, 0.4) is 0 Å². The fourth-order valence-corrected chi connectivity index (χ4v) is 1.98. The van der Waals surface area contributed by atoms with E-state index in [4.69, 9.17) is 5.73 Å². The van der Waals surface area contributed by atoms with Gasteiger partial charge in [0.2, 0.25) is 5.95 Å². The van der Waals surface area contributed by atoms with E-state index in [1.165, 1.54) is 0 Å². The van der Waals surface area contributed by atoms with Crippen molar-refractivity contribution in [2.45, 2.75) is 0 Å². The summed E-state index contributed by atoms with van der Waals surface area (Å²) in [6.07, 6.45) is 5.05. The summed E-state index contributed by atoms with van der Waals surface area (Å²) in [5.41, 5.74) is 8.69. The molecule has 3 aromatic rings. The third kappa shape index (κ3) is 2.29. The van der Waals surface area contributed by atoms with Gasteiger partial charge in [-0.3, -0.25) is 4.98 Å². The zero-order chi connectivity index (χ0) is 13.9. The maximum atomic E-state index is 10.0. The van der Waals surface area contributed by atoms with E-state index in [9.17, 15) is 5.11 Å². The number of nitrogen functional groups attached to an aromatic ring is 1. The second-order valence-electron chi connectivity index (χ2n) is 4.27. The molecule has 0 spiro atoms. The number of phenolic OH excluding ortho intramolecular Hbond substituents is 1. The van der Waals surface area contributed by atoms with Crippen LogP contribution in [0.2, 0.25) is 0 Å². The molecule has 0 unspecified atom stereocenters. The smallest absolute Gasteiger partial charge is 0.220 e. The first-order valence-electron chi connectivity index (χ1n) is 6.06. The molecular weight excluding hydrogens is 252 g/mol. The Balaban J connectivity index is 2.12. The zero-order valence-corrected chi connectivity index (χ0v) is 10.6. The van der Waals surface area contributed by atoms with Crippen LogP contribution in [-0.4, -0.2) is 20.1 Å². The molecule has 5 nitrogen and oxygen atoms in total. The number of pyridine rings is 1. The predicted molar refractivity (Wildman–Crippen MR) is 76.8 cm³/mol. The summed E-state index contributed by atoms with van der Waals surface area (Å²) in [6, 6.07) is 10.9. The molecule has 0 aliphatic rings. The van der Waals surface area contributed by atoms with Crippen LogP contribution in [0, 0.1) is 0 Å². The van der Waals surface area contributed by atoms with Gasteiger partial charge in [-0.05, 0) is 29.8 Å². The number of hydrogen-bond acceptors (Lipinski definition) is 5. The number of nitrogens with zero attached hydrogens (tertiary/aromatic N) is 3. The van der Waals surface area contributed by atoms with Gasteiger partial charge in [-0.15, -0.1) is 0 Å². The lowest BCUT2D eigenvalue weighted by molar-refractivity contribution is 0.477. The van der Waals surface area contributed by atoms with Crippen LogP contribution >= 0.6 is 0 Å². The van der Waals surface area contributed by atoms with Crippen molar-refractivity contribution in [1.29, 1.82) is 0 Å². The highest BCUT2D eigenvalue weighted by molar-refractivity contribution is 5.75. The second-order valence-corrected chi connectivity index (χ2v) is 4.27. The largest absolute Gasteiger partial charge is 0.507 e. The average molecular weight is 264 g/mol. The quantitative estimate of drug-likeness (QED) is 0.742. The van der Waals surface area contributed by atoms with Gasteiger partial charge >= 0.3 is 0 Å². The van der Waals surface area contributed by atoms with Gasteiger partial charge in [-0.25, -0.2) is 9.97 Å². The van der Waals surface area contributed by atoms with E-state index in [0.29, 0.717) is 11.3 Å².